The Labute approximate surface area is 162 Å². The summed E-state index contributed by atoms with van der Waals surface area (Å²) in [6, 6.07) is 12.4. The average molecular weight is 384 g/mol. The second-order valence-electron chi connectivity index (χ2n) is 5.73. The molecule has 3 rings (SSSR count). The summed E-state index contributed by atoms with van der Waals surface area (Å²) in [5.74, 6) is 0.952. The van der Waals surface area contributed by atoms with Crippen molar-refractivity contribution in [2.75, 3.05) is 12.4 Å². The predicted molar refractivity (Wildman–Crippen MR) is 103 cm³/mol. The van der Waals surface area contributed by atoms with Crippen LogP contribution in [-0.4, -0.2) is 23.0 Å². The molecule has 27 heavy (non-hydrogen) atoms. The number of benzene rings is 1. The smallest absolute Gasteiger partial charge is 0.228 e. The van der Waals surface area contributed by atoms with E-state index in [9.17, 15) is 4.79 Å². The number of halogens is 1. The van der Waals surface area contributed by atoms with Gasteiger partial charge in [-0.1, -0.05) is 23.7 Å². The Kier molecular flexibility index (Phi) is 6.22. The number of hydrogen-bond acceptors (Lipinski definition) is 5. The largest absolute Gasteiger partial charge is 0.493 e. The van der Waals surface area contributed by atoms with E-state index in [-0.39, 0.29) is 12.3 Å². The van der Waals surface area contributed by atoms with Crippen LogP contribution in [0.4, 0.5) is 5.69 Å². The van der Waals surface area contributed by atoms with Crippen LogP contribution in [0.1, 0.15) is 11.1 Å². The van der Waals surface area contributed by atoms with Crippen LogP contribution >= 0.6 is 11.6 Å². The number of hydrogen-bond donors (Lipinski definition) is 1. The number of rotatable bonds is 7. The van der Waals surface area contributed by atoms with Gasteiger partial charge in [-0.15, -0.1) is 0 Å². The Hall–Kier alpha value is -3.12. The molecule has 0 unspecified atom stereocenters. The molecule has 0 aliphatic carbocycles. The first-order valence-electron chi connectivity index (χ1n) is 8.24. The van der Waals surface area contributed by atoms with Gasteiger partial charge >= 0.3 is 0 Å². The van der Waals surface area contributed by atoms with Gasteiger partial charge < -0.3 is 14.8 Å². The maximum Gasteiger partial charge on any atom is 0.228 e. The summed E-state index contributed by atoms with van der Waals surface area (Å²) in [6.45, 7) is 0.345. The lowest BCUT2D eigenvalue weighted by Crippen LogP contribution is -2.14. The average Bonchev–Trinajstić information content (AvgIpc) is 2.69. The van der Waals surface area contributed by atoms with E-state index in [1.807, 2.05) is 12.1 Å². The van der Waals surface area contributed by atoms with E-state index < -0.39 is 0 Å². The van der Waals surface area contributed by atoms with Gasteiger partial charge in [-0.2, -0.15) is 0 Å². The fraction of sp³-hybridized carbons (Fsp3) is 0.150. The van der Waals surface area contributed by atoms with Gasteiger partial charge in [0.25, 0.3) is 0 Å². The first-order valence-corrected chi connectivity index (χ1v) is 8.62. The summed E-state index contributed by atoms with van der Waals surface area (Å²) in [6.07, 6.45) is 5.22. The maximum absolute atomic E-state index is 12.3. The Balaban J connectivity index is 1.66. The number of nitrogens with zero attached hydrogens (tertiary/aromatic N) is 2. The number of nitrogens with one attached hydrogen (secondary N) is 1. The Morgan fingerprint density at radius 3 is 2.70 bits per heavy atom. The number of amides is 1. The third kappa shape index (κ3) is 5.43. The van der Waals surface area contributed by atoms with Gasteiger partial charge in [-0.3, -0.25) is 9.78 Å². The number of aromatic nitrogens is 2. The molecule has 1 aromatic carbocycles. The number of carbonyl (C=O) groups is 1. The Bertz CT molecular complexity index is 902. The molecule has 3 aromatic rings. The quantitative estimate of drug-likeness (QED) is 0.626. The van der Waals surface area contributed by atoms with Crippen molar-refractivity contribution in [2.24, 2.45) is 0 Å². The molecule has 0 atom stereocenters. The standard InChI is InChI=1S/C20H18ClN3O3/c1-26-17-6-5-16(10-18(17)27-13-15-3-2-8-22-11-15)24-20(25)9-14-4-7-19(21)23-12-14/h2-8,10-12H,9,13H2,1H3,(H,24,25). The van der Waals surface area contributed by atoms with Crippen molar-refractivity contribution in [1.82, 2.24) is 9.97 Å². The molecule has 0 saturated heterocycles. The molecule has 7 heteroatoms. The number of ether oxygens (including phenoxy) is 2. The summed E-state index contributed by atoms with van der Waals surface area (Å²) < 4.78 is 11.2. The van der Waals surface area contributed by atoms with E-state index in [0.29, 0.717) is 28.9 Å². The monoisotopic (exact) mass is 383 g/mol. The van der Waals surface area contributed by atoms with Crippen molar-refractivity contribution in [3.8, 4) is 11.5 Å². The first kappa shape index (κ1) is 18.7. The molecule has 0 aliphatic rings. The van der Waals surface area contributed by atoms with Crippen LogP contribution < -0.4 is 14.8 Å². The zero-order valence-corrected chi connectivity index (χ0v) is 15.4. The highest BCUT2D eigenvalue weighted by molar-refractivity contribution is 6.29. The molecule has 0 spiro atoms. The molecular weight excluding hydrogens is 366 g/mol. The summed E-state index contributed by atoms with van der Waals surface area (Å²) in [4.78, 5) is 20.3. The van der Waals surface area contributed by atoms with Crippen LogP contribution in [0.2, 0.25) is 5.15 Å². The lowest BCUT2D eigenvalue weighted by Gasteiger charge is -2.13. The summed E-state index contributed by atoms with van der Waals surface area (Å²) in [5, 5.41) is 3.24. The molecule has 0 saturated carbocycles. The molecule has 138 valence electrons. The molecular formula is C20H18ClN3O3. The maximum atomic E-state index is 12.3. The van der Waals surface area contributed by atoms with Crippen LogP contribution in [0.15, 0.2) is 61.1 Å². The molecule has 0 bridgehead atoms. The Morgan fingerprint density at radius 2 is 2.00 bits per heavy atom. The number of anilines is 1. The van der Waals surface area contributed by atoms with Crippen LogP contribution in [0.3, 0.4) is 0 Å². The minimum absolute atomic E-state index is 0.164. The zero-order valence-electron chi connectivity index (χ0n) is 14.7. The predicted octanol–water partition coefficient (Wildman–Crippen LogP) is 3.90. The highest BCUT2D eigenvalue weighted by Gasteiger charge is 2.10. The van der Waals surface area contributed by atoms with Crippen molar-refractivity contribution < 1.29 is 14.3 Å². The number of methoxy groups -OCH3 is 1. The fourth-order valence-corrected chi connectivity index (χ4v) is 2.53. The van der Waals surface area contributed by atoms with E-state index in [2.05, 4.69) is 15.3 Å². The van der Waals surface area contributed by atoms with Crippen LogP contribution in [0, 0.1) is 0 Å². The van der Waals surface area contributed by atoms with Crippen LogP contribution in [0.5, 0.6) is 11.5 Å². The molecule has 2 aromatic heterocycles. The first-order chi connectivity index (χ1) is 13.1. The van der Waals surface area contributed by atoms with Crippen molar-refractivity contribution in [3.05, 3.63) is 77.3 Å². The van der Waals surface area contributed by atoms with Gasteiger partial charge in [-0.05, 0) is 29.8 Å². The number of pyridine rings is 2. The summed E-state index contributed by atoms with van der Waals surface area (Å²) >= 11 is 5.76. The molecule has 6 nitrogen and oxygen atoms in total. The van der Waals surface area contributed by atoms with Crippen molar-refractivity contribution in [3.63, 3.8) is 0 Å². The van der Waals surface area contributed by atoms with Gasteiger partial charge in [0.2, 0.25) is 5.91 Å². The second kappa shape index (κ2) is 9.00. The van der Waals surface area contributed by atoms with E-state index >= 15 is 0 Å². The van der Waals surface area contributed by atoms with Crippen LogP contribution in [-0.2, 0) is 17.8 Å². The minimum atomic E-state index is -0.164. The van der Waals surface area contributed by atoms with E-state index in [1.54, 1.807) is 56.0 Å². The zero-order chi connectivity index (χ0) is 19.1. The normalized spacial score (nSPS) is 10.3. The van der Waals surface area contributed by atoms with Gasteiger partial charge in [-0.25, -0.2) is 4.98 Å². The molecule has 0 radical (unpaired) electrons. The van der Waals surface area contributed by atoms with E-state index in [1.165, 1.54) is 0 Å². The lowest BCUT2D eigenvalue weighted by atomic mass is 10.2. The Morgan fingerprint density at radius 1 is 1.11 bits per heavy atom. The van der Waals surface area contributed by atoms with Crippen molar-refractivity contribution in [2.45, 2.75) is 13.0 Å². The minimum Gasteiger partial charge on any atom is -0.493 e. The van der Waals surface area contributed by atoms with Gasteiger partial charge in [0.1, 0.15) is 11.8 Å². The van der Waals surface area contributed by atoms with Gasteiger partial charge in [0.05, 0.1) is 13.5 Å². The molecule has 2 heterocycles. The molecule has 1 N–H and O–H groups in total. The topological polar surface area (TPSA) is 73.3 Å². The SMILES string of the molecule is COc1ccc(NC(=O)Cc2ccc(Cl)nc2)cc1OCc1cccnc1. The molecule has 0 aliphatic heterocycles. The summed E-state index contributed by atoms with van der Waals surface area (Å²) in [5.41, 5.74) is 2.33. The highest BCUT2D eigenvalue weighted by atomic mass is 35.5. The van der Waals surface area contributed by atoms with E-state index in [4.69, 9.17) is 21.1 Å². The van der Waals surface area contributed by atoms with Crippen molar-refractivity contribution >= 4 is 23.2 Å². The number of carbonyl (C=O) groups excluding carboxylic acids is 1. The highest BCUT2D eigenvalue weighted by Crippen LogP contribution is 2.31. The molecule has 1 amide bonds. The van der Waals surface area contributed by atoms with Gasteiger partial charge in [0.15, 0.2) is 11.5 Å². The molecule has 0 fully saturated rings. The summed E-state index contributed by atoms with van der Waals surface area (Å²) in [7, 11) is 1.57. The third-order valence-electron chi connectivity index (χ3n) is 3.72. The second-order valence-corrected chi connectivity index (χ2v) is 6.12. The van der Waals surface area contributed by atoms with Crippen molar-refractivity contribution in [1.29, 1.82) is 0 Å². The third-order valence-corrected chi connectivity index (χ3v) is 3.94. The lowest BCUT2D eigenvalue weighted by molar-refractivity contribution is -0.115. The van der Waals surface area contributed by atoms with E-state index in [0.717, 1.165) is 11.1 Å². The van der Waals surface area contributed by atoms with Gasteiger partial charge in [0, 0.05) is 35.9 Å². The fourth-order valence-electron chi connectivity index (χ4n) is 2.41. The van der Waals surface area contributed by atoms with Crippen LogP contribution in [0.25, 0.3) is 0 Å².